The number of fused-ring (bicyclic) bond motifs is 1. The molecule has 0 aliphatic heterocycles. The molecule has 0 atom stereocenters. The molecule has 25 heavy (non-hydrogen) atoms. The maximum Gasteiger partial charge on any atom is 0.259 e. The number of hydrogen-bond donors (Lipinski definition) is 1. The van der Waals surface area contributed by atoms with Crippen molar-refractivity contribution in [3.05, 3.63) is 71.1 Å². The molecule has 3 heterocycles. The number of hydrogen-bond acceptors (Lipinski definition) is 4. The quantitative estimate of drug-likeness (QED) is 0.523. The topological polar surface area (TPSA) is 72.4 Å². The van der Waals surface area contributed by atoms with Crippen molar-refractivity contribution < 1.29 is 9.21 Å². The van der Waals surface area contributed by atoms with Crippen LogP contribution in [0.25, 0.3) is 16.9 Å². The Hall–Kier alpha value is -2.93. The molecule has 124 valence electrons. The number of amides is 1. The molecule has 1 amide bonds. The van der Waals surface area contributed by atoms with Crippen LogP contribution in [0.1, 0.15) is 16.1 Å². The van der Waals surface area contributed by atoms with Gasteiger partial charge in [-0.15, -0.1) is 0 Å². The number of nitrogens with zero attached hydrogens (tertiary/aromatic N) is 3. The van der Waals surface area contributed by atoms with E-state index in [0.717, 1.165) is 21.6 Å². The minimum absolute atomic E-state index is 0.207. The summed E-state index contributed by atoms with van der Waals surface area (Å²) in [7, 11) is 0. The third-order valence-corrected chi connectivity index (χ3v) is 4.43. The first-order valence-corrected chi connectivity index (χ1v) is 8.35. The van der Waals surface area contributed by atoms with E-state index in [4.69, 9.17) is 4.42 Å². The normalized spacial score (nSPS) is 11.0. The van der Waals surface area contributed by atoms with Crippen molar-refractivity contribution in [3.8, 4) is 11.3 Å². The summed E-state index contributed by atoms with van der Waals surface area (Å²) in [6.07, 6.45) is 4.78. The second kappa shape index (κ2) is 6.18. The summed E-state index contributed by atoms with van der Waals surface area (Å²) < 4.78 is 7.66. The van der Waals surface area contributed by atoms with E-state index in [0.29, 0.717) is 16.9 Å². The SMILES string of the molecule is Cc1cc(Br)n2ccc(C(=O)Nc3ccc(-c4cocn4)cc3)c2n1. The van der Waals surface area contributed by atoms with E-state index in [9.17, 15) is 4.79 Å². The summed E-state index contributed by atoms with van der Waals surface area (Å²) in [5.41, 5.74) is 4.34. The number of aromatic nitrogens is 3. The third kappa shape index (κ3) is 2.94. The largest absolute Gasteiger partial charge is 0.451 e. The Kier molecular flexibility index (Phi) is 3.85. The van der Waals surface area contributed by atoms with Crippen LogP contribution >= 0.6 is 15.9 Å². The van der Waals surface area contributed by atoms with Gasteiger partial charge < -0.3 is 9.73 Å². The van der Waals surface area contributed by atoms with Crippen molar-refractivity contribution in [1.82, 2.24) is 14.4 Å². The van der Waals surface area contributed by atoms with Crippen molar-refractivity contribution >= 4 is 33.2 Å². The Morgan fingerprint density at radius 1 is 1.24 bits per heavy atom. The summed E-state index contributed by atoms with van der Waals surface area (Å²) in [4.78, 5) is 21.2. The number of carbonyl (C=O) groups excluding carboxylic acids is 1. The molecule has 1 N–H and O–H groups in total. The van der Waals surface area contributed by atoms with Gasteiger partial charge in [-0.25, -0.2) is 9.97 Å². The summed E-state index contributed by atoms with van der Waals surface area (Å²) in [5.74, 6) is -0.207. The Balaban J connectivity index is 1.60. The van der Waals surface area contributed by atoms with E-state index < -0.39 is 0 Å². The lowest BCUT2D eigenvalue weighted by molar-refractivity contribution is 0.102. The van der Waals surface area contributed by atoms with E-state index in [1.165, 1.54) is 6.39 Å². The highest BCUT2D eigenvalue weighted by Gasteiger charge is 2.15. The number of carbonyl (C=O) groups is 1. The lowest BCUT2D eigenvalue weighted by Crippen LogP contribution is -2.12. The van der Waals surface area contributed by atoms with Gasteiger partial charge in [-0.3, -0.25) is 9.20 Å². The summed E-state index contributed by atoms with van der Waals surface area (Å²) in [6.45, 7) is 1.89. The Morgan fingerprint density at radius 3 is 2.76 bits per heavy atom. The predicted octanol–water partition coefficient (Wildman–Crippen LogP) is 4.31. The standard InChI is InChI=1S/C18H13BrN4O2/c1-11-8-16(19)23-7-6-14(17(23)21-11)18(24)22-13-4-2-12(3-5-13)15-9-25-10-20-15/h2-10H,1H3,(H,22,24). The first-order valence-electron chi connectivity index (χ1n) is 7.56. The number of halogens is 1. The van der Waals surface area contributed by atoms with Crippen LogP contribution in [0, 0.1) is 6.92 Å². The zero-order valence-electron chi connectivity index (χ0n) is 13.2. The van der Waals surface area contributed by atoms with Gasteiger partial charge in [-0.1, -0.05) is 12.1 Å². The third-order valence-electron chi connectivity index (χ3n) is 3.82. The van der Waals surface area contributed by atoms with Gasteiger partial charge in [0.1, 0.15) is 12.0 Å². The van der Waals surface area contributed by atoms with Crippen LogP contribution in [0.5, 0.6) is 0 Å². The zero-order chi connectivity index (χ0) is 17.4. The van der Waals surface area contributed by atoms with Crippen LogP contribution in [-0.2, 0) is 0 Å². The van der Waals surface area contributed by atoms with Crippen LogP contribution < -0.4 is 5.32 Å². The van der Waals surface area contributed by atoms with Crippen molar-refractivity contribution in [3.63, 3.8) is 0 Å². The molecule has 0 saturated heterocycles. The molecular weight excluding hydrogens is 384 g/mol. The van der Waals surface area contributed by atoms with Crippen LogP contribution in [0.3, 0.4) is 0 Å². The molecule has 3 aromatic heterocycles. The van der Waals surface area contributed by atoms with Gasteiger partial charge in [0.15, 0.2) is 12.0 Å². The molecule has 0 fully saturated rings. The van der Waals surface area contributed by atoms with Gasteiger partial charge in [0.25, 0.3) is 5.91 Å². The van der Waals surface area contributed by atoms with Crippen molar-refractivity contribution in [1.29, 1.82) is 0 Å². The van der Waals surface area contributed by atoms with Gasteiger partial charge in [-0.05, 0) is 47.1 Å². The fourth-order valence-electron chi connectivity index (χ4n) is 2.61. The fourth-order valence-corrected chi connectivity index (χ4v) is 3.22. The first kappa shape index (κ1) is 15.6. The minimum atomic E-state index is -0.207. The van der Waals surface area contributed by atoms with Crippen LogP contribution in [-0.4, -0.2) is 20.3 Å². The number of aryl methyl sites for hydroxylation is 1. The van der Waals surface area contributed by atoms with E-state index in [1.54, 1.807) is 12.3 Å². The maximum atomic E-state index is 12.6. The average Bonchev–Trinajstić information content (AvgIpc) is 3.25. The lowest BCUT2D eigenvalue weighted by Gasteiger charge is -2.06. The molecule has 0 saturated carbocycles. The lowest BCUT2D eigenvalue weighted by atomic mass is 10.1. The monoisotopic (exact) mass is 396 g/mol. The highest BCUT2D eigenvalue weighted by Crippen LogP contribution is 2.22. The molecule has 4 aromatic rings. The van der Waals surface area contributed by atoms with E-state index in [2.05, 4.69) is 31.2 Å². The van der Waals surface area contributed by atoms with Gasteiger partial charge in [0.05, 0.1) is 10.2 Å². The number of rotatable bonds is 3. The van der Waals surface area contributed by atoms with Crippen molar-refractivity contribution in [2.75, 3.05) is 5.32 Å². The number of benzene rings is 1. The maximum absolute atomic E-state index is 12.6. The van der Waals surface area contributed by atoms with Gasteiger partial charge in [-0.2, -0.15) is 0 Å². The molecule has 0 spiro atoms. The number of oxazole rings is 1. The minimum Gasteiger partial charge on any atom is -0.451 e. The van der Waals surface area contributed by atoms with Crippen LogP contribution in [0.2, 0.25) is 0 Å². The predicted molar refractivity (Wildman–Crippen MR) is 97.5 cm³/mol. The Bertz CT molecular complexity index is 1050. The average molecular weight is 397 g/mol. The highest BCUT2D eigenvalue weighted by molar-refractivity contribution is 9.10. The molecular formula is C18H13BrN4O2. The van der Waals surface area contributed by atoms with E-state index >= 15 is 0 Å². The number of anilines is 1. The molecule has 0 aliphatic carbocycles. The summed E-state index contributed by atoms with van der Waals surface area (Å²) in [6, 6.07) is 11.1. The zero-order valence-corrected chi connectivity index (χ0v) is 14.8. The van der Waals surface area contributed by atoms with Crippen molar-refractivity contribution in [2.45, 2.75) is 6.92 Å². The van der Waals surface area contributed by atoms with Crippen molar-refractivity contribution in [2.24, 2.45) is 0 Å². The summed E-state index contributed by atoms with van der Waals surface area (Å²) in [5, 5.41) is 2.90. The summed E-state index contributed by atoms with van der Waals surface area (Å²) >= 11 is 3.48. The smallest absolute Gasteiger partial charge is 0.259 e. The van der Waals surface area contributed by atoms with Gasteiger partial charge in [0, 0.05) is 23.1 Å². The first-order chi connectivity index (χ1) is 12.1. The molecule has 0 radical (unpaired) electrons. The highest BCUT2D eigenvalue weighted by atomic mass is 79.9. The van der Waals surface area contributed by atoms with Crippen LogP contribution in [0.4, 0.5) is 5.69 Å². The second-order valence-corrected chi connectivity index (χ2v) is 6.36. The molecule has 0 bridgehead atoms. The van der Waals surface area contributed by atoms with E-state index in [-0.39, 0.29) is 5.91 Å². The molecule has 0 unspecified atom stereocenters. The molecule has 0 aliphatic rings. The number of nitrogens with one attached hydrogen (secondary N) is 1. The van der Waals surface area contributed by atoms with E-state index in [1.807, 2.05) is 47.9 Å². The fraction of sp³-hybridized carbons (Fsp3) is 0.0556. The molecule has 1 aromatic carbocycles. The second-order valence-electron chi connectivity index (χ2n) is 5.55. The molecule has 6 nitrogen and oxygen atoms in total. The Morgan fingerprint density at radius 2 is 2.04 bits per heavy atom. The molecule has 7 heteroatoms. The van der Waals surface area contributed by atoms with Crippen LogP contribution in [0.15, 0.2) is 64.3 Å². The molecule has 4 rings (SSSR count). The van der Waals surface area contributed by atoms with Gasteiger partial charge >= 0.3 is 0 Å². The Labute approximate surface area is 151 Å². The van der Waals surface area contributed by atoms with Gasteiger partial charge in [0.2, 0.25) is 0 Å².